The molecular weight excluding hydrogens is 247 g/mol. The van der Waals surface area contributed by atoms with Crippen molar-refractivity contribution in [3.05, 3.63) is 0 Å². The number of phosphoric ester groups is 1. The fourth-order valence-corrected chi connectivity index (χ4v) is 1.40. The van der Waals surface area contributed by atoms with Gasteiger partial charge in [-0.3, -0.25) is 9.32 Å². The van der Waals surface area contributed by atoms with E-state index in [0.29, 0.717) is 0 Å². The van der Waals surface area contributed by atoms with E-state index in [0.717, 1.165) is 0 Å². The normalized spacial score (nSPS) is 17.9. The molecule has 0 aromatic rings. The molecule has 3 atom stereocenters. The highest BCUT2D eigenvalue weighted by Crippen LogP contribution is 2.38. The van der Waals surface area contributed by atoms with Gasteiger partial charge in [-0.2, -0.15) is 0 Å². The van der Waals surface area contributed by atoms with E-state index in [4.69, 9.17) is 25.1 Å². The van der Waals surface area contributed by atoms with Crippen LogP contribution in [0.2, 0.25) is 0 Å². The molecule has 9 nitrogen and oxygen atoms in total. The van der Waals surface area contributed by atoms with E-state index in [1.807, 2.05) is 0 Å². The van der Waals surface area contributed by atoms with Crippen molar-refractivity contribution in [1.82, 2.24) is 0 Å². The van der Waals surface area contributed by atoms with Gasteiger partial charge in [0.2, 0.25) is 0 Å². The first-order chi connectivity index (χ1) is 7.22. The predicted octanol–water partition coefficient (Wildman–Crippen LogP) is -3.26. The van der Waals surface area contributed by atoms with Gasteiger partial charge in [0.25, 0.3) is 0 Å². The van der Waals surface area contributed by atoms with E-state index in [1.54, 1.807) is 0 Å². The molecular formula is C6H13O9P. The average Bonchev–Trinajstić information content (AvgIpc) is 2.21. The molecule has 0 fully saturated rings. The van der Waals surface area contributed by atoms with Crippen molar-refractivity contribution >= 4 is 13.6 Å². The van der Waals surface area contributed by atoms with Gasteiger partial charge in [-0.25, -0.2) is 4.57 Å². The van der Waals surface area contributed by atoms with Crippen LogP contribution in [0.25, 0.3) is 0 Å². The monoisotopic (exact) mass is 260 g/mol. The smallest absolute Gasteiger partial charge is 0.394 e. The molecule has 0 aromatic heterocycles. The molecule has 0 saturated heterocycles. The van der Waals surface area contributed by atoms with E-state index in [9.17, 15) is 14.5 Å². The van der Waals surface area contributed by atoms with E-state index < -0.39 is 45.1 Å². The zero-order valence-corrected chi connectivity index (χ0v) is 8.90. The summed E-state index contributed by atoms with van der Waals surface area (Å²) in [5, 5.41) is 35.1. The van der Waals surface area contributed by atoms with Crippen LogP contribution in [0.15, 0.2) is 0 Å². The summed E-state index contributed by atoms with van der Waals surface area (Å²) in [5.41, 5.74) is 0. The second kappa shape index (κ2) is 6.38. The number of carbonyl (C=O) groups is 1. The highest BCUT2D eigenvalue weighted by atomic mass is 31.2. The van der Waals surface area contributed by atoms with E-state index >= 15 is 0 Å². The first-order valence-electron chi connectivity index (χ1n) is 4.07. The fourth-order valence-electron chi connectivity index (χ4n) is 0.859. The highest BCUT2D eigenvalue weighted by Gasteiger charge is 2.37. The van der Waals surface area contributed by atoms with Gasteiger partial charge < -0.3 is 30.2 Å². The lowest BCUT2D eigenvalue weighted by molar-refractivity contribution is -0.141. The zero-order chi connectivity index (χ0) is 12.9. The molecule has 0 heterocycles. The van der Waals surface area contributed by atoms with E-state index in [-0.39, 0.29) is 0 Å². The van der Waals surface area contributed by atoms with Crippen molar-refractivity contribution in [3.8, 4) is 0 Å². The molecule has 6 N–H and O–H groups in total. The van der Waals surface area contributed by atoms with Gasteiger partial charge in [0.1, 0.15) is 18.8 Å². The van der Waals surface area contributed by atoms with Crippen LogP contribution in [0.5, 0.6) is 0 Å². The Kier molecular flexibility index (Phi) is 6.23. The Morgan fingerprint density at radius 1 is 1.25 bits per heavy atom. The number of aliphatic hydroxyl groups is 4. The molecule has 0 saturated carbocycles. The van der Waals surface area contributed by atoms with Crippen molar-refractivity contribution < 1.29 is 44.1 Å². The number of phosphoric acid groups is 1. The number of hydrogen-bond donors (Lipinski definition) is 6. The SMILES string of the molecule is O=C(CO)C(OP(=O)(O)O)C(O)C(O)CO. The quantitative estimate of drug-likeness (QED) is 0.258. The molecule has 0 rings (SSSR count). The van der Waals surface area contributed by atoms with E-state index in [1.165, 1.54) is 0 Å². The lowest BCUT2D eigenvalue weighted by Gasteiger charge is -2.24. The molecule has 0 bridgehead atoms. The molecule has 0 radical (unpaired) electrons. The second-order valence-electron chi connectivity index (χ2n) is 2.88. The Hall–Kier alpha value is -0.380. The number of rotatable bonds is 7. The van der Waals surface area contributed by atoms with Gasteiger partial charge in [-0.15, -0.1) is 0 Å². The van der Waals surface area contributed by atoms with E-state index in [2.05, 4.69) is 4.52 Å². The second-order valence-corrected chi connectivity index (χ2v) is 4.07. The summed E-state index contributed by atoms with van der Waals surface area (Å²) < 4.78 is 14.4. The highest BCUT2D eigenvalue weighted by molar-refractivity contribution is 7.46. The summed E-state index contributed by atoms with van der Waals surface area (Å²) in [6.45, 7) is -2.08. The maximum Gasteiger partial charge on any atom is 0.470 e. The van der Waals surface area contributed by atoms with Gasteiger partial charge in [0, 0.05) is 0 Å². The summed E-state index contributed by atoms with van der Waals surface area (Å²) in [7, 11) is -5.08. The Balaban J connectivity index is 4.80. The van der Waals surface area contributed by atoms with Gasteiger partial charge in [0.05, 0.1) is 6.61 Å². The molecule has 0 aliphatic carbocycles. The predicted molar refractivity (Wildman–Crippen MR) is 48.1 cm³/mol. The third-order valence-corrected chi connectivity index (χ3v) is 2.12. The molecule has 0 aromatic carbocycles. The fraction of sp³-hybridized carbons (Fsp3) is 0.833. The Morgan fingerprint density at radius 3 is 2.06 bits per heavy atom. The Bertz CT molecular complexity index is 273. The first-order valence-corrected chi connectivity index (χ1v) is 5.60. The minimum absolute atomic E-state index is 0.944. The molecule has 0 spiro atoms. The molecule has 96 valence electrons. The third-order valence-electron chi connectivity index (χ3n) is 1.62. The van der Waals surface area contributed by atoms with Crippen molar-refractivity contribution in [1.29, 1.82) is 0 Å². The first kappa shape index (κ1) is 15.6. The minimum Gasteiger partial charge on any atom is -0.394 e. The van der Waals surface area contributed by atoms with Crippen LogP contribution in [-0.4, -0.2) is 67.5 Å². The Morgan fingerprint density at radius 2 is 1.75 bits per heavy atom. The van der Waals surface area contributed by atoms with Crippen LogP contribution < -0.4 is 0 Å². The van der Waals surface area contributed by atoms with Gasteiger partial charge in [-0.1, -0.05) is 0 Å². The van der Waals surface area contributed by atoms with Crippen molar-refractivity contribution in [2.24, 2.45) is 0 Å². The van der Waals surface area contributed by atoms with Gasteiger partial charge in [-0.05, 0) is 0 Å². The number of aliphatic hydroxyl groups excluding tert-OH is 4. The summed E-state index contributed by atoms with van der Waals surface area (Å²) in [6.07, 6.45) is -6.00. The lowest BCUT2D eigenvalue weighted by Crippen LogP contribution is -2.46. The maximum atomic E-state index is 11.0. The van der Waals surface area contributed by atoms with Crippen LogP contribution in [0.3, 0.4) is 0 Å². The molecule has 0 aliphatic heterocycles. The molecule has 10 heteroatoms. The summed E-state index contributed by atoms with van der Waals surface area (Å²) in [5.74, 6) is -1.23. The van der Waals surface area contributed by atoms with Crippen LogP contribution in [-0.2, 0) is 13.9 Å². The zero-order valence-electron chi connectivity index (χ0n) is 8.00. The largest absolute Gasteiger partial charge is 0.470 e. The van der Waals surface area contributed by atoms with Crippen molar-refractivity contribution in [2.45, 2.75) is 18.3 Å². The van der Waals surface area contributed by atoms with Crippen molar-refractivity contribution in [2.75, 3.05) is 13.2 Å². The van der Waals surface area contributed by atoms with Crippen molar-refractivity contribution in [3.63, 3.8) is 0 Å². The number of Topliss-reactive ketones (excluding diaryl/α,β-unsaturated/α-hetero) is 1. The van der Waals surface area contributed by atoms with Gasteiger partial charge >= 0.3 is 7.82 Å². The molecule has 0 aliphatic rings. The minimum atomic E-state index is -5.08. The molecule has 3 unspecified atom stereocenters. The maximum absolute atomic E-state index is 11.0. The lowest BCUT2D eigenvalue weighted by atomic mass is 10.1. The Labute approximate surface area is 90.2 Å². The van der Waals surface area contributed by atoms with Crippen LogP contribution in [0.1, 0.15) is 0 Å². The van der Waals surface area contributed by atoms with Crippen LogP contribution in [0.4, 0.5) is 0 Å². The number of carbonyl (C=O) groups excluding carboxylic acids is 1. The number of ketones is 1. The topological polar surface area (TPSA) is 165 Å². The molecule has 0 amide bonds. The average molecular weight is 260 g/mol. The van der Waals surface area contributed by atoms with Crippen LogP contribution in [0, 0.1) is 0 Å². The summed E-state index contributed by atoms with van der Waals surface area (Å²) >= 11 is 0. The molecule has 16 heavy (non-hydrogen) atoms. The number of hydrogen-bond acceptors (Lipinski definition) is 7. The standard InChI is InChI=1S/C6H13O9P/c7-1-3(9)5(11)6(4(10)2-8)15-16(12,13)14/h3,5-9,11H,1-2H2,(H2,12,13,14). The van der Waals surface area contributed by atoms with Gasteiger partial charge in [0.15, 0.2) is 11.9 Å². The summed E-state index contributed by atoms with van der Waals surface area (Å²) in [6, 6.07) is 0. The summed E-state index contributed by atoms with van der Waals surface area (Å²) in [4.78, 5) is 27.9. The third kappa shape index (κ3) is 5.10. The van der Waals surface area contributed by atoms with Crippen LogP contribution >= 0.6 is 7.82 Å².